The third-order valence-corrected chi connectivity index (χ3v) is 7.90. The maximum Gasteiger partial charge on any atom is 0.411 e. The van der Waals surface area contributed by atoms with Gasteiger partial charge in [-0.3, -0.25) is 10.1 Å². The number of aromatic amines is 1. The lowest BCUT2D eigenvalue weighted by atomic mass is 9.96. The number of fused-ring (bicyclic) bond motifs is 6. The van der Waals surface area contributed by atoms with Crippen LogP contribution in [0.1, 0.15) is 47.0 Å². The van der Waals surface area contributed by atoms with Crippen molar-refractivity contribution in [2.45, 2.75) is 38.1 Å². The van der Waals surface area contributed by atoms with E-state index in [1.165, 1.54) is 29.8 Å². The minimum atomic E-state index is -0.519. The van der Waals surface area contributed by atoms with Crippen LogP contribution in [-0.4, -0.2) is 49.3 Å². The van der Waals surface area contributed by atoms with Gasteiger partial charge in [0.2, 0.25) is 5.91 Å². The summed E-state index contributed by atoms with van der Waals surface area (Å²) >= 11 is 6.26. The van der Waals surface area contributed by atoms with Crippen LogP contribution in [0.15, 0.2) is 79.3 Å². The normalized spacial score (nSPS) is 14.8. The first-order valence-corrected chi connectivity index (χ1v) is 15.0. The number of hydrogen-bond donors (Lipinski definition) is 3. The number of anilines is 1. The number of carbonyl (C=O) groups is 2. The van der Waals surface area contributed by atoms with Gasteiger partial charge < -0.3 is 15.0 Å². The van der Waals surface area contributed by atoms with Crippen molar-refractivity contribution in [3.63, 3.8) is 0 Å². The van der Waals surface area contributed by atoms with Gasteiger partial charge in [0.25, 0.3) is 0 Å². The monoisotopic (exact) mass is 622 g/mol. The number of aryl methyl sites for hydroxylation is 2. The number of tetrazole rings is 1. The zero-order valence-electron chi connectivity index (χ0n) is 24.5. The standard InChI is InChI=1S/C33H31ClN8O3/c1-45-33(44)37-26-11-12-27-23(18-26)8-3-2-5-21-6-4-7-22(15-21)16-28(32-35-19-29(27)39-32)38-31(43)14-9-24-17-25(34)10-13-30(24)42-20-36-40-41-42/h4,6-7,9-15,17-20,28H,2-3,5,8,16H2,1H3,(H,35,39)(H,37,44)(H,38,43). The first-order chi connectivity index (χ1) is 21.9. The molecule has 0 radical (unpaired) electrons. The molecular weight excluding hydrogens is 592 g/mol. The van der Waals surface area contributed by atoms with Crippen molar-refractivity contribution in [2.24, 2.45) is 0 Å². The lowest BCUT2D eigenvalue weighted by Crippen LogP contribution is -2.29. The van der Waals surface area contributed by atoms with Crippen molar-refractivity contribution in [1.82, 2.24) is 35.5 Å². The van der Waals surface area contributed by atoms with E-state index in [1.54, 1.807) is 30.5 Å². The quantitative estimate of drug-likeness (QED) is 0.208. The van der Waals surface area contributed by atoms with Crippen LogP contribution in [0, 0.1) is 0 Å². The lowest BCUT2D eigenvalue weighted by Gasteiger charge is -2.17. The van der Waals surface area contributed by atoms with Crippen molar-refractivity contribution in [3.8, 4) is 16.9 Å². The Morgan fingerprint density at radius 3 is 2.78 bits per heavy atom. The zero-order valence-corrected chi connectivity index (χ0v) is 25.3. The molecule has 1 aliphatic heterocycles. The Labute approximate surface area is 264 Å². The number of carbonyl (C=O) groups excluding carboxylic acids is 2. The van der Waals surface area contributed by atoms with Gasteiger partial charge in [0.1, 0.15) is 12.2 Å². The van der Waals surface area contributed by atoms with Crippen LogP contribution in [0.5, 0.6) is 0 Å². The SMILES string of the molecule is COC(=O)Nc1ccc2c(c1)CCCCc1cccc(c1)CC(NC(=O)C=Cc1cc(Cl)ccc1-n1cnnn1)c1ncc-2[nH]1. The predicted octanol–water partition coefficient (Wildman–Crippen LogP) is 5.88. The molecule has 0 saturated carbocycles. The number of aromatic nitrogens is 6. The molecule has 0 saturated heterocycles. The second-order valence-electron chi connectivity index (χ2n) is 10.8. The van der Waals surface area contributed by atoms with Gasteiger partial charge in [-0.1, -0.05) is 41.9 Å². The molecule has 228 valence electrons. The number of methoxy groups -OCH3 is 1. The van der Waals surface area contributed by atoms with Crippen LogP contribution < -0.4 is 10.6 Å². The van der Waals surface area contributed by atoms with Gasteiger partial charge >= 0.3 is 6.09 Å². The largest absolute Gasteiger partial charge is 0.453 e. The highest BCUT2D eigenvalue weighted by Crippen LogP contribution is 2.29. The van der Waals surface area contributed by atoms with Gasteiger partial charge in [-0.15, -0.1) is 5.10 Å². The molecule has 4 bridgehead atoms. The van der Waals surface area contributed by atoms with Crippen LogP contribution in [-0.2, 0) is 28.8 Å². The first kappa shape index (κ1) is 29.8. The molecule has 6 rings (SSSR count). The summed E-state index contributed by atoms with van der Waals surface area (Å²) in [5, 5.41) is 17.8. The molecule has 12 heteroatoms. The van der Waals surface area contributed by atoms with Crippen molar-refractivity contribution >= 4 is 35.4 Å². The Morgan fingerprint density at radius 2 is 1.93 bits per heavy atom. The minimum absolute atomic E-state index is 0.295. The number of amides is 2. The van der Waals surface area contributed by atoms with Crippen LogP contribution in [0.4, 0.5) is 10.5 Å². The first-order valence-electron chi connectivity index (χ1n) is 14.6. The molecule has 2 amide bonds. The topological polar surface area (TPSA) is 140 Å². The fourth-order valence-corrected chi connectivity index (χ4v) is 5.67. The summed E-state index contributed by atoms with van der Waals surface area (Å²) in [6.45, 7) is 0. The summed E-state index contributed by atoms with van der Waals surface area (Å²) in [5.74, 6) is 0.339. The molecule has 0 aliphatic carbocycles. The van der Waals surface area contributed by atoms with Gasteiger partial charge in [-0.25, -0.2) is 9.78 Å². The average Bonchev–Trinajstić information content (AvgIpc) is 3.75. The molecule has 5 aromatic rings. The molecule has 1 aliphatic rings. The van der Waals surface area contributed by atoms with E-state index in [4.69, 9.17) is 21.3 Å². The Balaban J connectivity index is 1.31. The maximum atomic E-state index is 13.4. The van der Waals surface area contributed by atoms with Gasteiger partial charge in [0.05, 0.1) is 30.7 Å². The predicted molar refractivity (Wildman–Crippen MR) is 171 cm³/mol. The van der Waals surface area contributed by atoms with Crippen LogP contribution in [0.3, 0.4) is 0 Å². The zero-order chi connectivity index (χ0) is 31.2. The van der Waals surface area contributed by atoms with E-state index in [-0.39, 0.29) is 5.91 Å². The number of ether oxygens (including phenoxy) is 1. The molecule has 0 spiro atoms. The Kier molecular flexibility index (Phi) is 8.97. The molecule has 1 unspecified atom stereocenters. The highest BCUT2D eigenvalue weighted by atomic mass is 35.5. The smallest absolute Gasteiger partial charge is 0.411 e. The molecule has 3 N–H and O–H groups in total. The molecule has 11 nitrogen and oxygen atoms in total. The molecule has 0 fully saturated rings. The number of imidazole rings is 1. The fraction of sp³-hybridized carbons (Fsp3) is 0.212. The van der Waals surface area contributed by atoms with E-state index in [9.17, 15) is 9.59 Å². The molecule has 3 heterocycles. The summed E-state index contributed by atoms with van der Waals surface area (Å²) in [6.07, 6.45) is 10.2. The third-order valence-electron chi connectivity index (χ3n) is 7.66. The van der Waals surface area contributed by atoms with Crippen molar-refractivity contribution in [2.75, 3.05) is 12.4 Å². The summed E-state index contributed by atoms with van der Waals surface area (Å²) in [7, 11) is 1.34. The van der Waals surface area contributed by atoms with E-state index in [0.717, 1.165) is 48.1 Å². The van der Waals surface area contributed by atoms with Crippen molar-refractivity contribution in [1.29, 1.82) is 0 Å². The summed E-state index contributed by atoms with van der Waals surface area (Å²) in [4.78, 5) is 33.4. The summed E-state index contributed by atoms with van der Waals surface area (Å²) < 4.78 is 6.28. The second kappa shape index (κ2) is 13.6. The maximum absolute atomic E-state index is 13.4. The molecule has 45 heavy (non-hydrogen) atoms. The van der Waals surface area contributed by atoms with Crippen molar-refractivity contribution < 1.29 is 14.3 Å². The Hall–Kier alpha value is -5.29. The third kappa shape index (κ3) is 7.27. The minimum Gasteiger partial charge on any atom is -0.453 e. The van der Waals surface area contributed by atoms with Crippen molar-refractivity contribution in [3.05, 3.63) is 112 Å². The van der Waals surface area contributed by atoms with Gasteiger partial charge in [-0.05, 0) is 95.6 Å². The highest BCUT2D eigenvalue weighted by Gasteiger charge is 2.20. The van der Waals surface area contributed by atoms with E-state index in [1.807, 2.05) is 18.2 Å². The van der Waals surface area contributed by atoms with Gasteiger partial charge in [0.15, 0.2) is 0 Å². The van der Waals surface area contributed by atoms with E-state index in [2.05, 4.69) is 55.4 Å². The second-order valence-corrected chi connectivity index (χ2v) is 11.2. The van der Waals surface area contributed by atoms with Crippen LogP contribution in [0.2, 0.25) is 5.02 Å². The number of benzene rings is 3. The lowest BCUT2D eigenvalue weighted by molar-refractivity contribution is -0.117. The highest BCUT2D eigenvalue weighted by molar-refractivity contribution is 6.30. The number of halogens is 1. The number of H-pyrrole nitrogens is 1. The van der Waals surface area contributed by atoms with Gasteiger partial charge in [-0.2, -0.15) is 4.68 Å². The molecule has 1 atom stereocenters. The van der Waals surface area contributed by atoms with E-state index >= 15 is 0 Å². The van der Waals surface area contributed by atoms with Crippen LogP contribution in [0.25, 0.3) is 23.0 Å². The Bertz CT molecular complexity index is 1850. The molecular formula is C33H31ClN8O3. The fourth-order valence-electron chi connectivity index (χ4n) is 5.49. The van der Waals surface area contributed by atoms with Crippen LogP contribution >= 0.6 is 11.6 Å². The average molecular weight is 623 g/mol. The number of nitrogens with zero attached hydrogens (tertiary/aromatic N) is 5. The number of rotatable bonds is 5. The molecule has 3 aromatic carbocycles. The summed E-state index contributed by atoms with van der Waals surface area (Å²) in [6, 6.07) is 19.1. The number of hydrogen-bond acceptors (Lipinski definition) is 7. The Morgan fingerprint density at radius 1 is 1.07 bits per heavy atom. The summed E-state index contributed by atoms with van der Waals surface area (Å²) in [5.41, 5.74) is 7.26. The van der Waals surface area contributed by atoms with Gasteiger partial charge in [0, 0.05) is 27.9 Å². The molecule has 2 aromatic heterocycles. The number of nitrogens with one attached hydrogen (secondary N) is 3. The van der Waals surface area contributed by atoms with E-state index < -0.39 is 12.1 Å². The van der Waals surface area contributed by atoms with E-state index in [0.29, 0.717) is 34.2 Å².